The van der Waals surface area contributed by atoms with E-state index in [2.05, 4.69) is 11.5 Å². The highest BCUT2D eigenvalue weighted by atomic mass is 14.9. The molecular weight excluding hydrogens is 110 g/mol. The van der Waals surface area contributed by atoms with Crippen molar-refractivity contribution in [3.8, 4) is 0 Å². The molecule has 0 saturated carbocycles. The van der Waals surface area contributed by atoms with Crippen LogP contribution in [-0.2, 0) is 6.54 Å². The van der Waals surface area contributed by atoms with Gasteiger partial charge in [-0.25, -0.2) is 0 Å². The van der Waals surface area contributed by atoms with E-state index in [1.807, 2.05) is 30.6 Å². The molecular formula is C8H10N. The Balaban J connectivity index is 2.48. The van der Waals surface area contributed by atoms with Crippen molar-refractivity contribution in [1.29, 1.82) is 0 Å². The Morgan fingerprint density at radius 3 is 2.56 bits per heavy atom. The summed E-state index contributed by atoms with van der Waals surface area (Å²) < 4.78 is 2.08. The Kier molecular flexibility index (Phi) is 2.13. The lowest BCUT2D eigenvalue weighted by Gasteiger charge is -1.92. The zero-order valence-corrected chi connectivity index (χ0v) is 5.33. The van der Waals surface area contributed by atoms with Gasteiger partial charge in [0.2, 0.25) is 0 Å². The first-order valence-electron chi connectivity index (χ1n) is 2.98. The van der Waals surface area contributed by atoms with Gasteiger partial charge >= 0.3 is 0 Å². The van der Waals surface area contributed by atoms with E-state index in [0.717, 1.165) is 6.54 Å². The molecule has 0 N–H and O–H groups in total. The lowest BCUT2D eigenvalue weighted by Crippen LogP contribution is -1.87. The van der Waals surface area contributed by atoms with Gasteiger partial charge in [-0.3, -0.25) is 0 Å². The highest BCUT2D eigenvalue weighted by molar-refractivity contribution is 4.93. The summed E-state index contributed by atoms with van der Waals surface area (Å²) in [6.45, 7) is 4.52. The topological polar surface area (TPSA) is 4.93 Å². The van der Waals surface area contributed by atoms with Crippen molar-refractivity contribution in [2.24, 2.45) is 0 Å². The van der Waals surface area contributed by atoms with Gasteiger partial charge in [0.05, 0.1) is 0 Å². The monoisotopic (exact) mass is 120 g/mol. The molecule has 0 aliphatic heterocycles. The second kappa shape index (κ2) is 3.13. The molecule has 0 atom stereocenters. The molecule has 0 saturated heterocycles. The summed E-state index contributed by atoms with van der Waals surface area (Å²) in [5, 5.41) is 0. The van der Waals surface area contributed by atoms with Crippen LogP contribution < -0.4 is 0 Å². The minimum atomic E-state index is 0.927. The van der Waals surface area contributed by atoms with Crippen LogP contribution in [0.5, 0.6) is 0 Å². The summed E-state index contributed by atoms with van der Waals surface area (Å²) in [5.74, 6) is 0. The first-order valence-corrected chi connectivity index (χ1v) is 2.98. The van der Waals surface area contributed by atoms with E-state index in [9.17, 15) is 0 Å². The number of hydrogen-bond acceptors (Lipinski definition) is 0. The quantitative estimate of drug-likeness (QED) is 0.561. The highest BCUT2D eigenvalue weighted by Gasteiger charge is 1.79. The maximum atomic E-state index is 3.59. The van der Waals surface area contributed by atoms with Crippen LogP contribution in [0.15, 0.2) is 36.7 Å². The van der Waals surface area contributed by atoms with Crippen molar-refractivity contribution in [2.45, 2.75) is 6.54 Å². The normalized spacial score (nSPS) is 10.8. The van der Waals surface area contributed by atoms with Gasteiger partial charge in [-0.15, -0.1) is 0 Å². The van der Waals surface area contributed by atoms with Gasteiger partial charge in [0.15, 0.2) is 0 Å². The molecule has 0 spiro atoms. The molecule has 0 bridgehead atoms. The van der Waals surface area contributed by atoms with E-state index in [4.69, 9.17) is 0 Å². The largest absolute Gasteiger partial charge is 0.351 e. The maximum absolute atomic E-state index is 3.59. The standard InChI is InChI=1S/C8H10N/c1-2-3-6-9-7-4-5-8-9/h2-5,7-8H,1,6H2. The Hall–Kier alpha value is -0.980. The van der Waals surface area contributed by atoms with Crippen molar-refractivity contribution < 1.29 is 0 Å². The minimum Gasteiger partial charge on any atom is -0.351 e. The van der Waals surface area contributed by atoms with Crippen LogP contribution in [0.25, 0.3) is 0 Å². The predicted molar refractivity (Wildman–Crippen MR) is 38.9 cm³/mol. The SMILES string of the molecule is [CH2]C=CCn1cccc1. The fourth-order valence-electron chi connectivity index (χ4n) is 0.688. The summed E-state index contributed by atoms with van der Waals surface area (Å²) in [4.78, 5) is 0. The average molecular weight is 120 g/mol. The number of rotatable bonds is 2. The Bertz CT molecular complexity index is 172. The van der Waals surface area contributed by atoms with Crippen LogP contribution >= 0.6 is 0 Å². The number of allylic oxidation sites excluding steroid dienone is 2. The van der Waals surface area contributed by atoms with Gasteiger partial charge in [-0.1, -0.05) is 12.2 Å². The van der Waals surface area contributed by atoms with Crippen LogP contribution in [0.2, 0.25) is 0 Å². The van der Waals surface area contributed by atoms with Gasteiger partial charge in [0.25, 0.3) is 0 Å². The third-order valence-corrected chi connectivity index (χ3v) is 1.15. The number of nitrogens with zero attached hydrogens (tertiary/aromatic N) is 1. The second-order valence-electron chi connectivity index (χ2n) is 1.85. The summed E-state index contributed by atoms with van der Waals surface area (Å²) >= 11 is 0. The van der Waals surface area contributed by atoms with Crippen molar-refractivity contribution >= 4 is 0 Å². The first kappa shape index (κ1) is 6.14. The molecule has 1 nitrogen and oxygen atoms in total. The smallest absolute Gasteiger partial charge is 0.0400 e. The fourth-order valence-corrected chi connectivity index (χ4v) is 0.688. The Labute approximate surface area is 55.6 Å². The molecule has 1 radical (unpaired) electrons. The fraction of sp³-hybridized carbons (Fsp3) is 0.125. The van der Waals surface area contributed by atoms with Gasteiger partial charge in [0.1, 0.15) is 0 Å². The van der Waals surface area contributed by atoms with E-state index in [1.165, 1.54) is 0 Å². The molecule has 0 aromatic carbocycles. The van der Waals surface area contributed by atoms with Gasteiger partial charge in [0, 0.05) is 18.9 Å². The summed E-state index contributed by atoms with van der Waals surface area (Å²) in [6.07, 6.45) is 7.88. The van der Waals surface area contributed by atoms with Crippen LogP contribution in [0.3, 0.4) is 0 Å². The Morgan fingerprint density at radius 1 is 1.33 bits per heavy atom. The van der Waals surface area contributed by atoms with E-state index in [1.54, 1.807) is 6.08 Å². The maximum Gasteiger partial charge on any atom is 0.0400 e. The predicted octanol–water partition coefficient (Wildman–Crippen LogP) is 1.88. The van der Waals surface area contributed by atoms with Crippen LogP contribution in [0.1, 0.15) is 0 Å². The zero-order valence-electron chi connectivity index (χ0n) is 5.33. The summed E-state index contributed by atoms with van der Waals surface area (Å²) in [6, 6.07) is 4.02. The molecule has 1 aromatic rings. The van der Waals surface area contributed by atoms with E-state index >= 15 is 0 Å². The van der Waals surface area contributed by atoms with E-state index in [0.29, 0.717) is 0 Å². The average Bonchev–Trinajstić information content (AvgIpc) is 2.34. The molecule has 0 fully saturated rings. The summed E-state index contributed by atoms with van der Waals surface area (Å²) in [7, 11) is 0. The molecule has 1 heterocycles. The van der Waals surface area contributed by atoms with Crippen LogP contribution in [0.4, 0.5) is 0 Å². The molecule has 1 aromatic heterocycles. The van der Waals surface area contributed by atoms with E-state index < -0.39 is 0 Å². The molecule has 0 aliphatic rings. The third-order valence-electron chi connectivity index (χ3n) is 1.15. The Morgan fingerprint density at radius 2 is 2.00 bits per heavy atom. The van der Waals surface area contributed by atoms with Crippen molar-refractivity contribution in [3.05, 3.63) is 43.6 Å². The molecule has 47 valence electrons. The molecule has 0 aliphatic carbocycles. The van der Waals surface area contributed by atoms with Crippen LogP contribution in [0, 0.1) is 6.92 Å². The first-order chi connectivity index (χ1) is 4.43. The molecule has 0 unspecified atom stereocenters. The second-order valence-corrected chi connectivity index (χ2v) is 1.85. The number of hydrogen-bond donors (Lipinski definition) is 0. The molecule has 1 heteroatoms. The lowest BCUT2D eigenvalue weighted by atomic mass is 10.5. The van der Waals surface area contributed by atoms with Crippen LogP contribution in [-0.4, -0.2) is 4.57 Å². The van der Waals surface area contributed by atoms with E-state index in [-0.39, 0.29) is 0 Å². The van der Waals surface area contributed by atoms with Gasteiger partial charge < -0.3 is 4.57 Å². The molecule has 9 heavy (non-hydrogen) atoms. The zero-order chi connectivity index (χ0) is 6.53. The molecule has 0 amide bonds. The summed E-state index contributed by atoms with van der Waals surface area (Å²) in [5.41, 5.74) is 0. The van der Waals surface area contributed by atoms with Crippen molar-refractivity contribution in [3.63, 3.8) is 0 Å². The molecule has 1 rings (SSSR count). The number of aromatic nitrogens is 1. The van der Waals surface area contributed by atoms with Crippen molar-refractivity contribution in [2.75, 3.05) is 0 Å². The van der Waals surface area contributed by atoms with Gasteiger partial charge in [-0.2, -0.15) is 0 Å². The lowest BCUT2D eigenvalue weighted by molar-refractivity contribution is 0.830. The minimum absolute atomic E-state index is 0.927. The third kappa shape index (κ3) is 1.76. The van der Waals surface area contributed by atoms with Gasteiger partial charge in [-0.05, 0) is 19.1 Å². The van der Waals surface area contributed by atoms with Crippen molar-refractivity contribution in [1.82, 2.24) is 4.57 Å². The highest BCUT2D eigenvalue weighted by Crippen LogP contribution is 1.89.